The van der Waals surface area contributed by atoms with E-state index in [0.717, 1.165) is 31.6 Å². The second-order valence-electron chi connectivity index (χ2n) is 4.95. The van der Waals surface area contributed by atoms with Gasteiger partial charge in [-0.2, -0.15) is 0 Å². The molecule has 5 nitrogen and oxygen atoms in total. The maximum Gasteiger partial charge on any atom is 0.240 e. The molecule has 1 aromatic rings. The monoisotopic (exact) mass is 283 g/mol. The van der Waals surface area contributed by atoms with Gasteiger partial charge in [-0.3, -0.25) is 0 Å². The molecule has 1 saturated heterocycles. The second-order valence-corrected chi connectivity index (χ2v) is 6.84. The number of anilines is 1. The highest BCUT2D eigenvalue weighted by molar-refractivity contribution is 7.89. The van der Waals surface area contributed by atoms with Gasteiger partial charge in [0.15, 0.2) is 0 Å². The summed E-state index contributed by atoms with van der Waals surface area (Å²) in [7, 11) is 0.209. The van der Waals surface area contributed by atoms with Gasteiger partial charge < -0.3 is 10.2 Å². The smallest absolute Gasteiger partial charge is 0.240 e. The summed E-state index contributed by atoms with van der Waals surface area (Å²) < 4.78 is 25.5. The molecule has 0 amide bonds. The maximum atomic E-state index is 11.6. The molecule has 0 saturated carbocycles. The molecule has 1 aliphatic heterocycles. The Bertz CT molecular complexity index is 505. The molecule has 106 valence electrons. The van der Waals surface area contributed by atoms with E-state index in [1.807, 2.05) is 12.1 Å². The third-order valence-corrected chi connectivity index (χ3v) is 4.95. The van der Waals surface area contributed by atoms with Gasteiger partial charge in [-0.25, -0.2) is 13.1 Å². The summed E-state index contributed by atoms with van der Waals surface area (Å²) in [6.45, 7) is 2.20. The van der Waals surface area contributed by atoms with Crippen molar-refractivity contribution < 1.29 is 8.42 Å². The number of sulfonamides is 1. The lowest BCUT2D eigenvalue weighted by atomic mass is 10.1. The van der Waals surface area contributed by atoms with E-state index >= 15 is 0 Å². The number of piperidine rings is 1. The van der Waals surface area contributed by atoms with Crippen LogP contribution in [0, 0.1) is 0 Å². The lowest BCUT2D eigenvalue weighted by molar-refractivity contribution is 0.264. The van der Waals surface area contributed by atoms with Crippen LogP contribution in [0.4, 0.5) is 5.69 Å². The van der Waals surface area contributed by atoms with Gasteiger partial charge in [0.05, 0.1) is 4.90 Å². The zero-order valence-corrected chi connectivity index (χ0v) is 12.2. The zero-order valence-electron chi connectivity index (χ0n) is 11.4. The predicted molar refractivity (Wildman–Crippen MR) is 76.8 cm³/mol. The highest BCUT2D eigenvalue weighted by Crippen LogP contribution is 2.18. The van der Waals surface area contributed by atoms with Crippen molar-refractivity contribution in [3.05, 3.63) is 24.3 Å². The Labute approximate surface area is 115 Å². The molecule has 1 aliphatic rings. The lowest BCUT2D eigenvalue weighted by Gasteiger charge is -2.30. The van der Waals surface area contributed by atoms with Crippen LogP contribution in [0.15, 0.2) is 29.2 Å². The van der Waals surface area contributed by atoms with Crippen LogP contribution in [-0.2, 0) is 10.0 Å². The summed E-state index contributed by atoms with van der Waals surface area (Å²) in [4.78, 5) is 2.62. The predicted octanol–water partition coefficient (Wildman–Crippen LogP) is 1.10. The fourth-order valence-electron chi connectivity index (χ4n) is 2.24. The van der Waals surface area contributed by atoms with Crippen molar-refractivity contribution in [2.24, 2.45) is 0 Å². The van der Waals surface area contributed by atoms with Crippen molar-refractivity contribution in [1.29, 1.82) is 0 Å². The summed E-state index contributed by atoms with van der Waals surface area (Å²) in [5, 5.41) is 3.46. The van der Waals surface area contributed by atoms with Gasteiger partial charge in [-0.05, 0) is 64.3 Å². The summed E-state index contributed by atoms with van der Waals surface area (Å²) in [5.41, 5.74) is 0.976. The maximum absolute atomic E-state index is 11.6. The molecule has 0 unspecified atom stereocenters. The molecule has 6 heteroatoms. The molecular weight excluding hydrogens is 262 g/mol. The Morgan fingerprint density at radius 3 is 2.26 bits per heavy atom. The van der Waals surface area contributed by atoms with E-state index in [4.69, 9.17) is 0 Å². The second kappa shape index (κ2) is 5.90. The summed E-state index contributed by atoms with van der Waals surface area (Å²) in [6.07, 6.45) is 2.24. The van der Waals surface area contributed by atoms with Crippen LogP contribution >= 0.6 is 0 Å². The standard InChI is InChI=1S/C13H21N3O2S/c1-14-19(17,18)13-5-3-11(4-6-13)15-12-7-9-16(2)10-8-12/h3-6,12,14-15H,7-10H2,1-2H3. The molecule has 0 bridgehead atoms. The Hall–Kier alpha value is -1.11. The fraction of sp³-hybridized carbons (Fsp3) is 0.538. The Morgan fingerprint density at radius 2 is 1.74 bits per heavy atom. The van der Waals surface area contributed by atoms with Gasteiger partial charge in [0.2, 0.25) is 10.0 Å². The van der Waals surface area contributed by atoms with Crippen molar-refractivity contribution in [3.8, 4) is 0 Å². The highest BCUT2D eigenvalue weighted by Gasteiger charge is 2.16. The van der Waals surface area contributed by atoms with E-state index in [2.05, 4.69) is 22.0 Å². The first-order chi connectivity index (χ1) is 9.01. The van der Waals surface area contributed by atoms with Crippen LogP contribution in [0.25, 0.3) is 0 Å². The molecule has 1 aromatic carbocycles. The van der Waals surface area contributed by atoms with Crippen molar-refractivity contribution in [3.63, 3.8) is 0 Å². The van der Waals surface area contributed by atoms with Gasteiger partial charge in [0.1, 0.15) is 0 Å². The number of likely N-dealkylation sites (tertiary alicyclic amines) is 1. The number of benzene rings is 1. The van der Waals surface area contributed by atoms with Gasteiger partial charge in [-0.1, -0.05) is 0 Å². The van der Waals surface area contributed by atoms with Crippen LogP contribution in [0.1, 0.15) is 12.8 Å². The molecule has 2 N–H and O–H groups in total. The van der Waals surface area contributed by atoms with Crippen LogP contribution < -0.4 is 10.0 Å². The number of nitrogens with zero attached hydrogens (tertiary/aromatic N) is 1. The molecule has 0 radical (unpaired) electrons. The number of hydrogen-bond acceptors (Lipinski definition) is 4. The van der Waals surface area contributed by atoms with E-state index in [-0.39, 0.29) is 0 Å². The lowest BCUT2D eigenvalue weighted by Crippen LogP contribution is -2.36. The first-order valence-electron chi connectivity index (χ1n) is 6.50. The first kappa shape index (κ1) is 14.3. The minimum atomic E-state index is -3.34. The average molecular weight is 283 g/mol. The molecular formula is C13H21N3O2S. The van der Waals surface area contributed by atoms with Crippen molar-refractivity contribution in [1.82, 2.24) is 9.62 Å². The van der Waals surface area contributed by atoms with Gasteiger partial charge in [-0.15, -0.1) is 0 Å². The molecule has 2 rings (SSSR count). The zero-order chi connectivity index (χ0) is 13.9. The minimum Gasteiger partial charge on any atom is -0.382 e. The normalized spacial score (nSPS) is 18.4. The molecule has 0 spiro atoms. The molecule has 0 aliphatic carbocycles. The van der Waals surface area contributed by atoms with Crippen molar-refractivity contribution >= 4 is 15.7 Å². The SMILES string of the molecule is CNS(=O)(=O)c1ccc(NC2CCN(C)CC2)cc1. The van der Waals surface area contributed by atoms with Crippen LogP contribution in [-0.4, -0.2) is 46.5 Å². The van der Waals surface area contributed by atoms with E-state index in [1.165, 1.54) is 7.05 Å². The van der Waals surface area contributed by atoms with Crippen LogP contribution in [0.5, 0.6) is 0 Å². The van der Waals surface area contributed by atoms with Crippen LogP contribution in [0.3, 0.4) is 0 Å². The summed E-state index contributed by atoms with van der Waals surface area (Å²) >= 11 is 0. The molecule has 1 heterocycles. The van der Waals surface area contributed by atoms with E-state index in [9.17, 15) is 8.42 Å². The Balaban J connectivity index is 1.99. The molecule has 0 atom stereocenters. The quantitative estimate of drug-likeness (QED) is 0.869. The number of nitrogens with one attached hydrogen (secondary N) is 2. The first-order valence-corrected chi connectivity index (χ1v) is 7.98. The summed E-state index contributed by atoms with van der Waals surface area (Å²) in [6, 6.07) is 7.38. The Morgan fingerprint density at radius 1 is 1.16 bits per heavy atom. The van der Waals surface area contributed by atoms with E-state index in [1.54, 1.807) is 12.1 Å². The third-order valence-electron chi connectivity index (χ3n) is 3.52. The fourth-order valence-corrected chi connectivity index (χ4v) is 2.97. The largest absolute Gasteiger partial charge is 0.382 e. The number of hydrogen-bond donors (Lipinski definition) is 2. The minimum absolute atomic E-state index is 0.295. The van der Waals surface area contributed by atoms with Crippen molar-refractivity contribution in [2.45, 2.75) is 23.8 Å². The van der Waals surface area contributed by atoms with Gasteiger partial charge in [0, 0.05) is 11.7 Å². The van der Waals surface area contributed by atoms with E-state index in [0.29, 0.717) is 10.9 Å². The molecule has 19 heavy (non-hydrogen) atoms. The topological polar surface area (TPSA) is 61.4 Å². The average Bonchev–Trinajstić information content (AvgIpc) is 2.42. The van der Waals surface area contributed by atoms with Crippen LogP contribution in [0.2, 0.25) is 0 Å². The van der Waals surface area contributed by atoms with Gasteiger partial charge >= 0.3 is 0 Å². The van der Waals surface area contributed by atoms with Crippen molar-refractivity contribution in [2.75, 3.05) is 32.5 Å². The Kier molecular flexibility index (Phi) is 4.44. The third kappa shape index (κ3) is 3.68. The van der Waals surface area contributed by atoms with E-state index < -0.39 is 10.0 Å². The highest BCUT2D eigenvalue weighted by atomic mass is 32.2. The molecule has 0 aromatic heterocycles. The molecule has 1 fully saturated rings. The van der Waals surface area contributed by atoms with Gasteiger partial charge in [0.25, 0.3) is 0 Å². The summed E-state index contributed by atoms with van der Waals surface area (Å²) in [5.74, 6) is 0. The number of rotatable bonds is 4.